The molecule has 1 atom stereocenters. The zero-order chi connectivity index (χ0) is 24.1. The summed E-state index contributed by atoms with van der Waals surface area (Å²) in [4.78, 5) is 23.7. The predicted molar refractivity (Wildman–Crippen MR) is 110 cm³/mol. The van der Waals surface area contributed by atoms with Gasteiger partial charge in [-0.3, -0.25) is 5.41 Å². The van der Waals surface area contributed by atoms with Gasteiger partial charge >= 0.3 is 18.1 Å². The van der Waals surface area contributed by atoms with E-state index in [4.69, 9.17) is 20.6 Å². The highest BCUT2D eigenvalue weighted by Gasteiger charge is 2.43. The molecule has 2 rings (SSSR count). The Kier molecular flexibility index (Phi) is 7.68. The second-order valence-electron chi connectivity index (χ2n) is 6.85. The second-order valence-corrected chi connectivity index (χ2v) is 6.85. The number of carbonyl (C=O) groups is 2. The largest absolute Gasteiger partial charge is 0.493 e. The fraction of sp³-hybridized carbons (Fsp3) is 0.286. The number of benzene rings is 2. The number of ether oxygens (including phenoxy) is 3. The first-order chi connectivity index (χ1) is 14.9. The van der Waals surface area contributed by atoms with Crippen molar-refractivity contribution in [2.75, 3.05) is 12.4 Å². The highest BCUT2D eigenvalue weighted by Crippen LogP contribution is 2.33. The Morgan fingerprint density at radius 2 is 1.69 bits per heavy atom. The van der Waals surface area contributed by atoms with Crippen LogP contribution in [0.4, 0.5) is 18.9 Å². The van der Waals surface area contributed by atoms with Crippen molar-refractivity contribution in [1.82, 2.24) is 0 Å². The molecule has 4 N–H and O–H groups in total. The van der Waals surface area contributed by atoms with E-state index in [1.165, 1.54) is 49.6 Å². The maximum atomic E-state index is 12.6. The van der Waals surface area contributed by atoms with E-state index in [2.05, 4.69) is 10.1 Å². The van der Waals surface area contributed by atoms with E-state index >= 15 is 0 Å². The van der Waals surface area contributed by atoms with Crippen LogP contribution in [0.15, 0.2) is 42.5 Å². The molecule has 32 heavy (non-hydrogen) atoms. The molecule has 0 heterocycles. The van der Waals surface area contributed by atoms with E-state index in [1.807, 2.05) is 0 Å². The van der Waals surface area contributed by atoms with Gasteiger partial charge in [0.15, 0.2) is 17.5 Å². The zero-order valence-electron chi connectivity index (χ0n) is 17.4. The standard InChI is InChI=1S/C21H22F3N3O5/c1-11(2)31-15-9-6-13(10-16(15)30-3)17(19(28)32-20(29)21(22,23)24)27-14-7-4-12(5-8-14)18(25)26/h4-11,17,27H,1-3H3,(H3,25,26). The molecule has 2 aromatic rings. The summed E-state index contributed by atoms with van der Waals surface area (Å²) in [5, 5.41) is 10.1. The van der Waals surface area contributed by atoms with Crippen LogP contribution >= 0.6 is 0 Å². The van der Waals surface area contributed by atoms with E-state index in [1.54, 1.807) is 13.8 Å². The van der Waals surface area contributed by atoms with Gasteiger partial charge < -0.3 is 25.3 Å². The summed E-state index contributed by atoms with van der Waals surface area (Å²) in [6.45, 7) is 3.59. The van der Waals surface area contributed by atoms with E-state index < -0.39 is 24.2 Å². The lowest BCUT2D eigenvalue weighted by Gasteiger charge is -2.21. The van der Waals surface area contributed by atoms with Gasteiger partial charge in [-0.1, -0.05) is 6.07 Å². The first-order valence-corrected chi connectivity index (χ1v) is 9.30. The van der Waals surface area contributed by atoms with Crippen LogP contribution in [-0.2, 0) is 14.3 Å². The first kappa shape index (κ1) is 24.5. The molecule has 172 valence electrons. The van der Waals surface area contributed by atoms with Crippen LogP contribution in [0.5, 0.6) is 11.5 Å². The monoisotopic (exact) mass is 453 g/mol. The Morgan fingerprint density at radius 3 is 2.19 bits per heavy atom. The Labute approximate surface area is 182 Å². The SMILES string of the molecule is COc1cc(C(Nc2ccc(C(=N)N)cc2)C(=O)OC(=O)C(F)(F)F)ccc1OC(C)C. The number of anilines is 1. The van der Waals surface area contributed by atoms with Crippen molar-refractivity contribution in [2.45, 2.75) is 32.2 Å². The van der Waals surface area contributed by atoms with Crippen molar-refractivity contribution >= 4 is 23.5 Å². The maximum absolute atomic E-state index is 12.6. The van der Waals surface area contributed by atoms with Gasteiger partial charge in [0.2, 0.25) is 0 Å². The number of hydrogen-bond donors (Lipinski definition) is 3. The van der Waals surface area contributed by atoms with Gasteiger partial charge in [0.05, 0.1) is 13.2 Å². The number of rotatable bonds is 8. The summed E-state index contributed by atoms with van der Waals surface area (Å²) in [5.74, 6) is -3.70. The molecule has 0 spiro atoms. The third kappa shape index (κ3) is 6.37. The van der Waals surface area contributed by atoms with Crippen molar-refractivity contribution in [3.63, 3.8) is 0 Å². The van der Waals surface area contributed by atoms with Gasteiger partial charge in [-0.15, -0.1) is 0 Å². The van der Waals surface area contributed by atoms with Crippen LogP contribution in [0.1, 0.15) is 31.0 Å². The summed E-state index contributed by atoms with van der Waals surface area (Å²) in [5.41, 5.74) is 6.27. The summed E-state index contributed by atoms with van der Waals surface area (Å²) in [6, 6.07) is 8.71. The highest BCUT2D eigenvalue weighted by atomic mass is 19.4. The van der Waals surface area contributed by atoms with Crippen molar-refractivity contribution in [2.24, 2.45) is 5.73 Å². The summed E-state index contributed by atoms with van der Waals surface area (Å²) in [7, 11) is 1.36. The fourth-order valence-electron chi connectivity index (χ4n) is 2.61. The molecule has 0 aromatic heterocycles. The normalized spacial score (nSPS) is 12.1. The zero-order valence-corrected chi connectivity index (χ0v) is 17.4. The van der Waals surface area contributed by atoms with Crippen molar-refractivity contribution < 1.29 is 37.0 Å². The van der Waals surface area contributed by atoms with Crippen LogP contribution in [0, 0.1) is 5.41 Å². The van der Waals surface area contributed by atoms with Crippen molar-refractivity contribution in [3.8, 4) is 11.5 Å². The van der Waals surface area contributed by atoms with Crippen molar-refractivity contribution in [1.29, 1.82) is 5.41 Å². The van der Waals surface area contributed by atoms with Crippen molar-refractivity contribution in [3.05, 3.63) is 53.6 Å². The number of nitrogens with two attached hydrogens (primary N) is 1. The number of amidine groups is 1. The summed E-state index contributed by atoms with van der Waals surface area (Å²) >= 11 is 0. The topological polar surface area (TPSA) is 124 Å². The molecule has 8 nitrogen and oxygen atoms in total. The number of nitrogens with one attached hydrogen (secondary N) is 2. The van der Waals surface area contributed by atoms with Gasteiger partial charge in [0.25, 0.3) is 0 Å². The molecule has 0 radical (unpaired) electrons. The van der Waals surface area contributed by atoms with Gasteiger partial charge in [-0.2, -0.15) is 13.2 Å². The van der Waals surface area contributed by atoms with Crippen LogP contribution in [0.25, 0.3) is 0 Å². The molecule has 2 aromatic carbocycles. The number of hydrogen-bond acceptors (Lipinski definition) is 7. The lowest BCUT2D eigenvalue weighted by molar-refractivity contribution is -0.202. The van der Waals surface area contributed by atoms with E-state index in [0.29, 0.717) is 17.0 Å². The van der Waals surface area contributed by atoms with Gasteiger partial charge in [-0.05, 0) is 55.8 Å². The lowest BCUT2D eigenvalue weighted by Crippen LogP contribution is -2.32. The van der Waals surface area contributed by atoms with Crippen LogP contribution in [0.2, 0.25) is 0 Å². The Morgan fingerprint density at radius 1 is 1.06 bits per heavy atom. The maximum Gasteiger partial charge on any atom is 0.491 e. The van der Waals surface area contributed by atoms with Crippen LogP contribution < -0.4 is 20.5 Å². The minimum atomic E-state index is -5.34. The average molecular weight is 453 g/mol. The van der Waals surface area contributed by atoms with E-state index in [0.717, 1.165) is 0 Å². The lowest BCUT2D eigenvalue weighted by atomic mass is 10.1. The molecular formula is C21H22F3N3O5. The number of methoxy groups -OCH3 is 1. The minimum Gasteiger partial charge on any atom is -0.493 e. The minimum absolute atomic E-state index is 0.161. The molecule has 0 aliphatic heterocycles. The molecule has 0 saturated carbocycles. The summed E-state index contributed by atoms with van der Waals surface area (Å²) in [6.07, 6.45) is -5.52. The Hall–Kier alpha value is -3.76. The number of nitrogen functional groups attached to an aromatic ring is 1. The molecule has 11 heteroatoms. The Bertz CT molecular complexity index is 991. The van der Waals surface area contributed by atoms with Gasteiger partial charge in [-0.25, -0.2) is 9.59 Å². The van der Waals surface area contributed by atoms with Crippen LogP contribution in [-0.4, -0.2) is 37.2 Å². The Balaban J connectivity index is 2.42. The summed E-state index contributed by atoms with van der Waals surface area (Å²) < 4.78 is 52.7. The molecule has 0 saturated heterocycles. The quantitative estimate of drug-likeness (QED) is 0.242. The van der Waals surface area contributed by atoms with Gasteiger partial charge in [0, 0.05) is 11.3 Å². The molecule has 0 amide bonds. The average Bonchev–Trinajstić information content (AvgIpc) is 2.71. The fourth-order valence-corrected chi connectivity index (χ4v) is 2.61. The third-order valence-electron chi connectivity index (χ3n) is 4.05. The second kappa shape index (κ2) is 10.0. The number of esters is 2. The third-order valence-corrected chi connectivity index (χ3v) is 4.05. The number of carbonyl (C=O) groups excluding carboxylic acids is 2. The molecule has 0 aliphatic carbocycles. The predicted octanol–water partition coefficient (Wildman–Crippen LogP) is 3.55. The first-order valence-electron chi connectivity index (χ1n) is 9.30. The molecular weight excluding hydrogens is 431 g/mol. The highest BCUT2D eigenvalue weighted by molar-refractivity contribution is 5.95. The number of alkyl halides is 3. The molecule has 0 bridgehead atoms. The van der Waals surface area contributed by atoms with E-state index in [-0.39, 0.29) is 23.3 Å². The van der Waals surface area contributed by atoms with E-state index in [9.17, 15) is 22.8 Å². The van der Waals surface area contributed by atoms with Gasteiger partial charge in [0.1, 0.15) is 5.84 Å². The number of halogens is 3. The molecule has 0 fully saturated rings. The molecule has 0 aliphatic rings. The van der Waals surface area contributed by atoms with Crippen LogP contribution in [0.3, 0.4) is 0 Å². The molecule has 1 unspecified atom stereocenters. The smallest absolute Gasteiger partial charge is 0.491 e.